The van der Waals surface area contributed by atoms with Crippen molar-refractivity contribution in [3.8, 4) is 16.9 Å². The Morgan fingerprint density at radius 2 is 1.71 bits per heavy atom. The molecular formula is C22H14F3NOS. The fourth-order valence-electron chi connectivity index (χ4n) is 3.00. The highest BCUT2D eigenvalue weighted by molar-refractivity contribution is 7.99. The number of phenolic OH excluding ortho intramolecular Hbond substituents is 1. The van der Waals surface area contributed by atoms with Gasteiger partial charge in [-0.1, -0.05) is 48.2 Å². The smallest absolute Gasteiger partial charge is 0.416 e. The standard InChI is InChI=1S/C22H14F3NOS/c23-22(24,25)16-7-3-8-17(12-16)28-21-18-9-2-1-5-14(18)11-19(20(21)27)15-6-4-10-26-13-15/h1-13,27H. The zero-order valence-electron chi connectivity index (χ0n) is 14.4. The SMILES string of the molecule is Oc1c(-c2cccnc2)cc2ccccc2c1Sc1cccc(C(F)(F)F)c1. The topological polar surface area (TPSA) is 33.1 Å². The molecule has 0 radical (unpaired) electrons. The van der Waals surface area contributed by atoms with E-state index in [9.17, 15) is 18.3 Å². The molecule has 0 aliphatic heterocycles. The molecule has 0 aliphatic rings. The third-order valence-corrected chi connectivity index (χ3v) is 5.44. The fraction of sp³-hybridized carbons (Fsp3) is 0.0455. The van der Waals surface area contributed by atoms with Gasteiger partial charge >= 0.3 is 6.18 Å². The Labute approximate surface area is 163 Å². The summed E-state index contributed by atoms with van der Waals surface area (Å²) >= 11 is 1.11. The van der Waals surface area contributed by atoms with Crippen molar-refractivity contribution >= 4 is 22.5 Å². The number of alkyl halides is 3. The molecule has 6 heteroatoms. The zero-order valence-corrected chi connectivity index (χ0v) is 15.3. The Morgan fingerprint density at radius 1 is 0.893 bits per heavy atom. The van der Waals surface area contributed by atoms with Crippen LogP contribution in [0, 0.1) is 0 Å². The van der Waals surface area contributed by atoms with Crippen molar-refractivity contribution in [3.05, 3.63) is 84.7 Å². The van der Waals surface area contributed by atoms with Gasteiger partial charge in [0.25, 0.3) is 0 Å². The normalized spacial score (nSPS) is 11.7. The van der Waals surface area contributed by atoms with Crippen molar-refractivity contribution in [1.29, 1.82) is 0 Å². The fourth-order valence-corrected chi connectivity index (χ4v) is 4.07. The average Bonchev–Trinajstić information content (AvgIpc) is 2.70. The summed E-state index contributed by atoms with van der Waals surface area (Å²) in [5.74, 6) is 0.0223. The van der Waals surface area contributed by atoms with Crippen molar-refractivity contribution in [3.63, 3.8) is 0 Å². The van der Waals surface area contributed by atoms with E-state index in [1.54, 1.807) is 24.5 Å². The number of phenols is 1. The van der Waals surface area contributed by atoms with Gasteiger partial charge in [-0.3, -0.25) is 4.98 Å². The Kier molecular flexibility index (Phi) is 4.73. The second kappa shape index (κ2) is 7.20. The van der Waals surface area contributed by atoms with Crippen LogP contribution in [0.5, 0.6) is 5.75 Å². The van der Waals surface area contributed by atoms with Gasteiger partial charge < -0.3 is 5.11 Å². The Bertz CT molecular complexity index is 1140. The van der Waals surface area contributed by atoms with Crippen LogP contribution in [0.2, 0.25) is 0 Å². The predicted molar refractivity (Wildman–Crippen MR) is 104 cm³/mol. The number of benzene rings is 3. The van der Waals surface area contributed by atoms with Gasteiger partial charge in [-0.2, -0.15) is 13.2 Å². The summed E-state index contributed by atoms with van der Waals surface area (Å²) < 4.78 is 39.2. The molecule has 3 aromatic carbocycles. The Hall–Kier alpha value is -2.99. The predicted octanol–water partition coefficient (Wildman–Crippen LogP) is 6.78. The van der Waals surface area contributed by atoms with Gasteiger partial charge in [0, 0.05) is 28.4 Å². The lowest BCUT2D eigenvalue weighted by Gasteiger charge is -2.14. The number of nitrogens with zero attached hydrogens (tertiary/aromatic N) is 1. The van der Waals surface area contributed by atoms with Crippen molar-refractivity contribution in [2.24, 2.45) is 0 Å². The van der Waals surface area contributed by atoms with Gasteiger partial charge in [0.15, 0.2) is 0 Å². The van der Waals surface area contributed by atoms with Gasteiger partial charge in [-0.25, -0.2) is 0 Å². The molecule has 0 bridgehead atoms. The van der Waals surface area contributed by atoms with Crippen LogP contribution < -0.4 is 0 Å². The molecule has 0 amide bonds. The maximum Gasteiger partial charge on any atom is 0.416 e. The van der Waals surface area contributed by atoms with E-state index in [0.29, 0.717) is 15.4 Å². The number of hydrogen-bond donors (Lipinski definition) is 1. The highest BCUT2D eigenvalue weighted by Gasteiger charge is 2.30. The number of fused-ring (bicyclic) bond motifs is 1. The number of aromatic hydroxyl groups is 1. The molecule has 28 heavy (non-hydrogen) atoms. The molecule has 0 aliphatic carbocycles. The minimum Gasteiger partial charge on any atom is -0.506 e. The van der Waals surface area contributed by atoms with E-state index in [0.717, 1.165) is 40.2 Å². The molecule has 0 fully saturated rings. The van der Waals surface area contributed by atoms with Gasteiger partial charge in [-0.15, -0.1) is 0 Å². The summed E-state index contributed by atoms with van der Waals surface area (Å²) in [5.41, 5.74) is 0.600. The van der Waals surface area contributed by atoms with E-state index in [-0.39, 0.29) is 5.75 Å². The number of rotatable bonds is 3. The van der Waals surface area contributed by atoms with Gasteiger partial charge in [0.1, 0.15) is 5.75 Å². The van der Waals surface area contributed by atoms with Crippen LogP contribution in [-0.2, 0) is 6.18 Å². The molecule has 0 saturated heterocycles. The van der Waals surface area contributed by atoms with E-state index in [1.165, 1.54) is 6.07 Å². The van der Waals surface area contributed by atoms with Crippen LogP contribution in [0.25, 0.3) is 21.9 Å². The third-order valence-electron chi connectivity index (χ3n) is 4.33. The molecule has 0 atom stereocenters. The average molecular weight is 397 g/mol. The van der Waals surface area contributed by atoms with E-state index in [4.69, 9.17) is 0 Å². The second-order valence-corrected chi connectivity index (χ2v) is 7.28. The maximum atomic E-state index is 13.1. The molecule has 4 rings (SSSR count). The van der Waals surface area contributed by atoms with Crippen LogP contribution in [0.3, 0.4) is 0 Å². The van der Waals surface area contributed by atoms with E-state index in [1.807, 2.05) is 36.4 Å². The van der Waals surface area contributed by atoms with Crippen molar-refractivity contribution in [2.75, 3.05) is 0 Å². The molecular weight excluding hydrogens is 383 g/mol. The van der Waals surface area contributed by atoms with E-state index < -0.39 is 11.7 Å². The van der Waals surface area contributed by atoms with Crippen LogP contribution >= 0.6 is 11.8 Å². The highest BCUT2D eigenvalue weighted by atomic mass is 32.2. The first kappa shape index (κ1) is 18.4. The van der Waals surface area contributed by atoms with Crippen LogP contribution in [0.1, 0.15) is 5.56 Å². The Morgan fingerprint density at radius 3 is 2.46 bits per heavy atom. The summed E-state index contributed by atoms with van der Waals surface area (Å²) in [7, 11) is 0. The molecule has 1 N–H and O–H groups in total. The van der Waals surface area contributed by atoms with Crippen molar-refractivity contribution in [1.82, 2.24) is 4.98 Å². The number of aromatic nitrogens is 1. The molecule has 0 saturated carbocycles. The summed E-state index contributed by atoms with van der Waals surface area (Å²) in [6.45, 7) is 0. The molecule has 1 aromatic heterocycles. The van der Waals surface area contributed by atoms with Crippen molar-refractivity contribution in [2.45, 2.75) is 16.0 Å². The van der Waals surface area contributed by atoms with E-state index >= 15 is 0 Å². The molecule has 0 unspecified atom stereocenters. The number of halogens is 3. The van der Waals surface area contributed by atoms with Gasteiger partial charge in [0.05, 0.1) is 10.5 Å². The maximum absolute atomic E-state index is 13.1. The minimum absolute atomic E-state index is 0.0223. The molecule has 140 valence electrons. The van der Waals surface area contributed by atoms with Crippen LogP contribution in [0.4, 0.5) is 13.2 Å². The third kappa shape index (κ3) is 3.55. The zero-order chi connectivity index (χ0) is 19.7. The summed E-state index contributed by atoms with van der Waals surface area (Å²) in [6, 6.07) is 18.0. The van der Waals surface area contributed by atoms with Crippen molar-refractivity contribution < 1.29 is 18.3 Å². The second-order valence-electron chi connectivity index (χ2n) is 6.19. The number of hydrogen-bond acceptors (Lipinski definition) is 3. The highest BCUT2D eigenvalue weighted by Crippen LogP contribution is 2.46. The number of pyridine rings is 1. The molecule has 0 spiro atoms. The van der Waals surface area contributed by atoms with Crippen LogP contribution in [-0.4, -0.2) is 10.1 Å². The first-order valence-electron chi connectivity index (χ1n) is 8.44. The molecule has 1 heterocycles. The monoisotopic (exact) mass is 397 g/mol. The largest absolute Gasteiger partial charge is 0.506 e. The van der Waals surface area contributed by atoms with Gasteiger partial charge in [0.2, 0.25) is 0 Å². The lowest BCUT2D eigenvalue weighted by atomic mass is 10.0. The Balaban J connectivity index is 1.88. The summed E-state index contributed by atoms with van der Waals surface area (Å²) in [6.07, 6.45) is -1.14. The molecule has 4 aromatic rings. The van der Waals surface area contributed by atoms with Crippen LogP contribution in [0.15, 0.2) is 88.9 Å². The summed E-state index contributed by atoms with van der Waals surface area (Å²) in [5, 5.41) is 12.6. The first-order valence-corrected chi connectivity index (χ1v) is 9.25. The lowest BCUT2D eigenvalue weighted by Crippen LogP contribution is -2.04. The lowest BCUT2D eigenvalue weighted by molar-refractivity contribution is -0.137. The van der Waals surface area contributed by atoms with Gasteiger partial charge in [-0.05, 0) is 41.1 Å². The first-order chi connectivity index (χ1) is 13.4. The quantitative estimate of drug-likeness (QED) is 0.414. The van der Waals surface area contributed by atoms with E-state index in [2.05, 4.69) is 4.98 Å². The molecule has 2 nitrogen and oxygen atoms in total. The minimum atomic E-state index is -4.42. The summed E-state index contributed by atoms with van der Waals surface area (Å²) in [4.78, 5) is 5.00.